The first kappa shape index (κ1) is 20.5. The van der Waals surface area contributed by atoms with Gasteiger partial charge in [-0.15, -0.1) is 22.7 Å². The van der Waals surface area contributed by atoms with Crippen LogP contribution in [-0.4, -0.2) is 38.7 Å². The Hall–Kier alpha value is -2.77. The van der Waals surface area contributed by atoms with Crippen LogP contribution in [0.1, 0.15) is 26.9 Å². The molecule has 0 saturated carbocycles. The Labute approximate surface area is 184 Å². The number of methoxy groups -OCH3 is 3. The molecule has 156 valence electrons. The van der Waals surface area contributed by atoms with E-state index in [4.69, 9.17) is 14.2 Å². The molecule has 3 aromatic rings. The van der Waals surface area contributed by atoms with Crippen molar-refractivity contribution in [1.29, 1.82) is 0 Å². The highest BCUT2D eigenvalue weighted by atomic mass is 32.1. The van der Waals surface area contributed by atoms with Crippen LogP contribution in [0, 0.1) is 0 Å². The third-order valence-electron chi connectivity index (χ3n) is 5.17. The molecule has 4 rings (SSSR count). The molecule has 0 aliphatic carbocycles. The summed E-state index contributed by atoms with van der Waals surface area (Å²) >= 11 is 3.46. The average Bonchev–Trinajstić information content (AvgIpc) is 3.47. The summed E-state index contributed by atoms with van der Waals surface area (Å²) in [5, 5.41) is 4.18. The summed E-state index contributed by atoms with van der Waals surface area (Å²) in [5.74, 6) is 1.63. The van der Waals surface area contributed by atoms with Gasteiger partial charge in [-0.2, -0.15) is 0 Å². The number of amides is 1. The molecule has 0 bridgehead atoms. The molecule has 0 saturated heterocycles. The first-order chi connectivity index (χ1) is 14.7. The zero-order chi connectivity index (χ0) is 21.1. The molecule has 0 N–H and O–H groups in total. The quantitative estimate of drug-likeness (QED) is 0.504. The molecule has 1 atom stereocenters. The summed E-state index contributed by atoms with van der Waals surface area (Å²) < 4.78 is 16.2. The van der Waals surface area contributed by atoms with Gasteiger partial charge >= 0.3 is 0 Å². The van der Waals surface area contributed by atoms with E-state index in [0.29, 0.717) is 23.8 Å². The summed E-state index contributed by atoms with van der Waals surface area (Å²) in [5.41, 5.74) is 2.04. The van der Waals surface area contributed by atoms with Crippen molar-refractivity contribution in [2.45, 2.75) is 12.5 Å². The fourth-order valence-corrected chi connectivity index (χ4v) is 5.53. The zero-order valence-corrected chi connectivity index (χ0v) is 18.7. The number of ether oxygens (including phenoxy) is 3. The van der Waals surface area contributed by atoms with Crippen molar-refractivity contribution in [2.75, 3.05) is 27.9 Å². The highest BCUT2D eigenvalue weighted by Crippen LogP contribution is 2.40. The van der Waals surface area contributed by atoms with Crippen LogP contribution in [0.2, 0.25) is 0 Å². The summed E-state index contributed by atoms with van der Waals surface area (Å²) in [6.45, 7) is 0.703. The number of carbonyl (C=O) groups excluding carboxylic acids is 1. The molecule has 1 unspecified atom stereocenters. The van der Waals surface area contributed by atoms with Crippen LogP contribution >= 0.6 is 22.7 Å². The average molecular weight is 442 g/mol. The molecular weight excluding hydrogens is 418 g/mol. The molecule has 7 heteroatoms. The van der Waals surface area contributed by atoms with Crippen molar-refractivity contribution < 1.29 is 19.0 Å². The van der Waals surface area contributed by atoms with E-state index in [1.54, 1.807) is 56.2 Å². The summed E-state index contributed by atoms with van der Waals surface area (Å²) in [4.78, 5) is 17.7. The lowest BCUT2D eigenvalue weighted by Crippen LogP contribution is -2.38. The fourth-order valence-electron chi connectivity index (χ4n) is 3.77. The predicted molar refractivity (Wildman–Crippen MR) is 121 cm³/mol. The van der Waals surface area contributed by atoms with Gasteiger partial charge in [0, 0.05) is 22.4 Å². The summed E-state index contributed by atoms with van der Waals surface area (Å²) in [6, 6.07) is 9.91. The van der Waals surface area contributed by atoms with Gasteiger partial charge in [0.1, 0.15) is 0 Å². The van der Waals surface area contributed by atoms with E-state index < -0.39 is 0 Å². The topological polar surface area (TPSA) is 48.0 Å². The lowest BCUT2D eigenvalue weighted by Gasteiger charge is -2.34. The second kappa shape index (κ2) is 8.93. The maximum atomic E-state index is 13.2. The fraction of sp³-hybridized carbons (Fsp3) is 0.261. The Morgan fingerprint density at radius 1 is 1.07 bits per heavy atom. The maximum absolute atomic E-state index is 13.2. The second-order valence-corrected chi connectivity index (χ2v) is 8.77. The van der Waals surface area contributed by atoms with Gasteiger partial charge in [-0.25, -0.2) is 0 Å². The van der Waals surface area contributed by atoms with E-state index in [9.17, 15) is 4.79 Å². The molecule has 5 nitrogen and oxygen atoms in total. The van der Waals surface area contributed by atoms with Gasteiger partial charge in [0.2, 0.25) is 11.7 Å². The van der Waals surface area contributed by atoms with E-state index >= 15 is 0 Å². The van der Waals surface area contributed by atoms with Crippen molar-refractivity contribution in [3.8, 4) is 17.2 Å². The largest absolute Gasteiger partial charge is 0.493 e. The Morgan fingerprint density at radius 2 is 1.83 bits per heavy atom. The third-order valence-corrected chi connectivity index (χ3v) is 7.09. The molecular formula is C23H23NO4S2. The number of benzene rings is 1. The molecule has 1 aliphatic heterocycles. The van der Waals surface area contributed by atoms with E-state index in [0.717, 1.165) is 12.0 Å². The van der Waals surface area contributed by atoms with Crippen molar-refractivity contribution in [2.24, 2.45) is 0 Å². The minimum absolute atomic E-state index is 0.0148. The van der Waals surface area contributed by atoms with Crippen LogP contribution in [0.25, 0.3) is 6.08 Å². The van der Waals surface area contributed by atoms with E-state index in [1.165, 1.54) is 15.3 Å². The van der Waals surface area contributed by atoms with Gasteiger partial charge in [0.05, 0.1) is 27.4 Å². The Balaban J connectivity index is 1.63. The number of rotatable bonds is 6. The highest BCUT2D eigenvalue weighted by Gasteiger charge is 2.32. The molecule has 30 heavy (non-hydrogen) atoms. The predicted octanol–water partition coefficient (Wildman–Crippen LogP) is 5.02. The third kappa shape index (κ3) is 3.82. The van der Waals surface area contributed by atoms with E-state index in [-0.39, 0.29) is 11.9 Å². The normalized spacial score (nSPS) is 15.8. The standard InChI is InChI=1S/C23H23NO4S2/c1-26-17-13-15(14-18(27-2)23(17)28-3)6-7-21(25)24-10-8-19-16(9-12-30-19)22(24)20-5-4-11-29-20/h4-7,9,11-14,22H,8,10H2,1-3H3/b7-6+. The Kier molecular flexibility index (Phi) is 6.11. The van der Waals surface area contributed by atoms with Crippen LogP contribution in [0.4, 0.5) is 0 Å². The number of fused-ring (bicyclic) bond motifs is 1. The molecule has 0 radical (unpaired) electrons. The van der Waals surface area contributed by atoms with Crippen LogP contribution in [-0.2, 0) is 11.2 Å². The number of hydrogen-bond acceptors (Lipinski definition) is 6. The van der Waals surface area contributed by atoms with Crippen molar-refractivity contribution in [1.82, 2.24) is 4.90 Å². The number of carbonyl (C=O) groups is 1. The molecule has 1 aromatic carbocycles. The highest BCUT2D eigenvalue weighted by molar-refractivity contribution is 7.10. The first-order valence-electron chi connectivity index (χ1n) is 9.54. The lowest BCUT2D eigenvalue weighted by atomic mass is 9.98. The van der Waals surface area contributed by atoms with Gasteiger partial charge in [-0.3, -0.25) is 4.79 Å². The number of nitrogens with zero attached hydrogens (tertiary/aromatic N) is 1. The number of hydrogen-bond donors (Lipinski definition) is 0. The Bertz CT molecular complexity index is 1030. The summed E-state index contributed by atoms with van der Waals surface area (Å²) in [7, 11) is 4.72. The van der Waals surface area contributed by atoms with Crippen LogP contribution in [0.5, 0.6) is 17.2 Å². The molecule has 0 fully saturated rings. The second-order valence-electron chi connectivity index (χ2n) is 6.79. The smallest absolute Gasteiger partial charge is 0.247 e. The molecule has 0 spiro atoms. The van der Waals surface area contributed by atoms with Crippen molar-refractivity contribution in [3.63, 3.8) is 0 Å². The van der Waals surface area contributed by atoms with Gasteiger partial charge in [0.25, 0.3) is 0 Å². The molecule has 1 amide bonds. The monoisotopic (exact) mass is 441 g/mol. The van der Waals surface area contributed by atoms with E-state index in [2.05, 4.69) is 22.9 Å². The molecule has 3 heterocycles. The number of thiophene rings is 2. The minimum Gasteiger partial charge on any atom is -0.493 e. The maximum Gasteiger partial charge on any atom is 0.247 e. The van der Waals surface area contributed by atoms with Gasteiger partial charge in [0.15, 0.2) is 11.5 Å². The zero-order valence-electron chi connectivity index (χ0n) is 17.1. The SMILES string of the molecule is COc1cc(/C=C/C(=O)N2CCc3sccc3C2c2cccs2)cc(OC)c1OC. The molecule has 1 aliphatic rings. The van der Waals surface area contributed by atoms with Gasteiger partial charge in [-0.05, 0) is 58.6 Å². The lowest BCUT2D eigenvalue weighted by molar-refractivity contribution is -0.127. The van der Waals surface area contributed by atoms with Crippen LogP contribution in [0.3, 0.4) is 0 Å². The van der Waals surface area contributed by atoms with Crippen LogP contribution < -0.4 is 14.2 Å². The first-order valence-corrected chi connectivity index (χ1v) is 11.3. The summed E-state index contributed by atoms with van der Waals surface area (Å²) in [6.07, 6.45) is 4.30. The van der Waals surface area contributed by atoms with E-state index in [1.807, 2.05) is 23.1 Å². The molecule has 2 aromatic heterocycles. The van der Waals surface area contributed by atoms with Gasteiger partial charge in [-0.1, -0.05) is 6.07 Å². The van der Waals surface area contributed by atoms with Crippen molar-refractivity contribution in [3.05, 3.63) is 68.0 Å². The van der Waals surface area contributed by atoms with Crippen LogP contribution in [0.15, 0.2) is 47.2 Å². The Morgan fingerprint density at radius 3 is 2.47 bits per heavy atom. The van der Waals surface area contributed by atoms with Crippen molar-refractivity contribution >= 4 is 34.7 Å². The van der Waals surface area contributed by atoms with Gasteiger partial charge < -0.3 is 19.1 Å². The minimum atomic E-state index is -0.0305.